The van der Waals surface area contributed by atoms with Crippen LogP contribution in [0.15, 0.2) is 42.5 Å². The van der Waals surface area contributed by atoms with Crippen LogP contribution in [-0.2, 0) is 20.6 Å². The van der Waals surface area contributed by atoms with Crippen LogP contribution in [-0.4, -0.2) is 35.1 Å². The van der Waals surface area contributed by atoms with Crippen molar-refractivity contribution in [2.45, 2.75) is 12.7 Å². The topological polar surface area (TPSA) is 93.7 Å². The third-order valence-electron chi connectivity index (χ3n) is 3.59. The molecular weight excluding hydrogens is 356 g/mol. The summed E-state index contributed by atoms with van der Waals surface area (Å²) in [7, 11) is -0.702. The first kappa shape index (κ1) is 19.7. The highest BCUT2D eigenvalue weighted by atomic mass is 32.2. The van der Waals surface area contributed by atoms with Crippen LogP contribution in [0, 0.1) is 6.92 Å². The van der Waals surface area contributed by atoms with E-state index in [9.17, 15) is 13.2 Å². The Kier molecular flexibility index (Phi) is 6.59. The maximum absolute atomic E-state index is 12.2. The Bertz CT molecular complexity index is 864. The van der Waals surface area contributed by atoms with Gasteiger partial charge in [0.25, 0.3) is 0 Å². The normalized spacial score (nSPS) is 11.0. The molecule has 0 unspecified atom stereocenters. The summed E-state index contributed by atoms with van der Waals surface area (Å²) in [6, 6.07) is 12.1. The molecule has 0 saturated carbocycles. The molecule has 1 amide bonds. The predicted octanol–water partition coefficient (Wildman–Crippen LogP) is 2.07. The van der Waals surface area contributed by atoms with Crippen molar-refractivity contribution in [2.75, 3.05) is 26.1 Å². The van der Waals surface area contributed by atoms with Gasteiger partial charge in [-0.2, -0.15) is 0 Å². The van der Waals surface area contributed by atoms with E-state index in [0.29, 0.717) is 22.7 Å². The predicted molar refractivity (Wildman–Crippen MR) is 100.0 cm³/mol. The summed E-state index contributed by atoms with van der Waals surface area (Å²) in [6.45, 7) is 1.59. The minimum absolute atomic E-state index is 0.273. The first-order valence-electron chi connectivity index (χ1n) is 7.88. The number of carbonyl (C=O) groups excluding carboxylic acids is 1. The zero-order valence-electron chi connectivity index (χ0n) is 14.9. The van der Waals surface area contributed by atoms with E-state index in [1.165, 1.54) is 14.2 Å². The van der Waals surface area contributed by atoms with E-state index in [-0.39, 0.29) is 12.3 Å². The van der Waals surface area contributed by atoms with Gasteiger partial charge in [0.1, 0.15) is 0 Å². The fourth-order valence-electron chi connectivity index (χ4n) is 2.26. The standard InChI is InChI=1S/C18H22N2O5S/c1-13-4-7-15(8-5-13)20-18(21)11-19-26(22,23)12-14-6-9-16(24-2)17(10-14)25-3/h4-10,19H,11-12H2,1-3H3,(H,20,21). The summed E-state index contributed by atoms with van der Waals surface area (Å²) in [5.41, 5.74) is 2.20. The molecule has 2 aromatic carbocycles. The lowest BCUT2D eigenvalue weighted by Gasteiger charge is -2.11. The molecule has 7 nitrogen and oxygen atoms in total. The Morgan fingerprint density at radius 3 is 2.27 bits per heavy atom. The number of rotatable bonds is 8. The van der Waals surface area contributed by atoms with Gasteiger partial charge in [0, 0.05) is 5.69 Å². The Morgan fingerprint density at radius 2 is 1.65 bits per heavy atom. The third-order valence-corrected chi connectivity index (χ3v) is 4.89. The van der Waals surface area contributed by atoms with Gasteiger partial charge in [-0.3, -0.25) is 4.79 Å². The van der Waals surface area contributed by atoms with E-state index in [1.54, 1.807) is 30.3 Å². The molecule has 0 spiro atoms. The van der Waals surface area contributed by atoms with Crippen molar-refractivity contribution in [3.63, 3.8) is 0 Å². The number of amides is 1. The van der Waals surface area contributed by atoms with E-state index in [4.69, 9.17) is 9.47 Å². The van der Waals surface area contributed by atoms with Crippen LogP contribution in [0.4, 0.5) is 5.69 Å². The number of nitrogens with one attached hydrogen (secondary N) is 2. The molecule has 8 heteroatoms. The summed E-state index contributed by atoms with van der Waals surface area (Å²) >= 11 is 0. The number of hydrogen-bond donors (Lipinski definition) is 2. The molecule has 2 N–H and O–H groups in total. The van der Waals surface area contributed by atoms with Gasteiger partial charge in [-0.25, -0.2) is 13.1 Å². The van der Waals surface area contributed by atoms with Crippen molar-refractivity contribution >= 4 is 21.6 Å². The fourth-order valence-corrected chi connectivity index (χ4v) is 3.33. The number of anilines is 1. The minimum atomic E-state index is -3.68. The largest absolute Gasteiger partial charge is 0.493 e. The van der Waals surface area contributed by atoms with Crippen LogP contribution in [0.5, 0.6) is 11.5 Å². The highest BCUT2D eigenvalue weighted by Crippen LogP contribution is 2.28. The fraction of sp³-hybridized carbons (Fsp3) is 0.278. The molecule has 0 aliphatic carbocycles. The number of carbonyl (C=O) groups is 1. The number of aryl methyl sites for hydroxylation is 1. The van der Waals surface area contributed by atoms with E-state index >= 15 is 0 Å². The van der Waals surface area contributed by atoms with Crippen molar-refractivity contribution < 1.29 is 22.7 Å². The van der Waals surface area contributed by atoms with Crippen LogP contribution in [0.2, 0.25) is 0 Å². The first-order valence-corrected chi connectivity index (χ1v) is 9.53. The molecule has 2 aromatic rings. The number of ether oxygens (including phenoxy) is 2. The van der Waals surface area contributed by atoms with Crippen LogP contribution in [0.3, 0.4) is 0 Å². The average molecular weight is 378 g/mol. The molecule has 140 valence electrons. The van der Waals surface area contributed by atoms with Gasteiger partial charge in [0.2, 0.25) is 15.9 Å². The Balaban J connectivity index is 1.94. The molecular formula is C18H22N2O5S. The van der Waals surface area contributed by atoms with Crippen molar-refractivity contribution in [1.82, 2.24) is 4.72 Å². The van der Waals surface area contributed by atoms with Crippen molar-refractivity contribution in [3.8, 4) is 11.5 Å². The average Bonchev–Trinajstić information content (AvgIpc) is 2.61. The summed E-state index contributed by atoms with van der Waals surface area (Å²) in [5, 5.41) is 2.64. The zero-order valence-corrected chi connectivity index (χ0v) is 15.7. The SMILES string of the molecule is COc1ccc(CS(=O)(=O)NCC(=O)Nc2ccc(C)cc2)cc1OC. The van der Waals surface area contributed by atoms with Gasteiger partial charge >= 0.3 is 0 Å². The lowest BCUT2D eigenvalue weighted by atomic mass is 10.2. The maximum atomic E-state index is 12.2. The van der Waals surface area contributed by atoms with E-state index < -0.39 is 15.9 Å². The number of sulfonamides is 1. The zero-order chi connectivity index (χ0) is 19.2. The smallest absolute Gasteiger partial charge is 0.239 e. The summed E-state index contributed by atoms with van der Waals surface area (Å²) < 4.78 is 37.0. The Hall–Kier alpha value is -2.58. The van der Waals surface area contributed by atoms with Crippen LogP contribution in [0.1, 0.15) is 11.1 Å². The molecule has 0 radical (unpaired) electrons. The summed E-state index contributed by atoms with van der Waals surface area (Å²) in [5.74, 6) is 0.242. The highest BCUT2D eigenvalue weighted by Gasteiger charge is 2.15. The van der Waals surface area contributed by atoms with Gasteiger partial charge in [-0.15, -0.1) is 0 Å². The summed E-state index contributed by atoms with van der Waals surface area (Å²) in [6.07, 6.45) is 0. The molecule has 0 atom stereocenters. The minimum Gasteiger partial charge on any atom is -0.493 e. The molecule has 2 rings (SSSR count). The Labute approximate surface area is 153 Å². The van der Waals surface area contributed by atoms with E-state index in [1.807, 2.05) is 19.1 Å². The van der Waals surface area contributed by atoms with Gasteiger partial charge < -0.3 is 14.8 Å². The second-order valence-corrected chi connectivity index (χ2v) is 7.49. The van der Waals surface area contributed by atoms with Crippen molar-refractivity contribution in [1.29, 1.82) is 0 Å². The van der Waals surface area contributed by atoms with Gasteiger partial charge in [-0.05, 0) is 36.8 Å². The quantitative estimate of drug-likeness (QED) is 0.733. The van der Waals surface area contributed by atoms with Gasteiger partial charge in [0.15, 0.2) is 11.5 Å². The molecule has 0 aliphatic rings. The van der Waals surface area contributed by atoms with E-state index in [0.717, 1.165) is 5.56 Å². The van der Waals surface area contributed by atoms with Gasteiger partial charge in [0.05, 0.1) is 26.5 Å². The molecule has 0 heterocycles. The Morgan fingerprint density at radius 1 is 1.00 bits per heavy atom. The molecule has 26 heavy (non-hydrogen) atoms. The number of methoxy groups -OCH3 is 2. The second-order valence-electron chi connectivity index (χ2n) is 5.68. The number of benzene rings is 2. The molecule has 0 aliphatic heterocycles. The summed E-state index contributed by atoms with van der Waals surface area (Å²) in [4.78, 5) is 11.9. The van der Waals surface area contributed by atoms with Crippen molar-refractivity contribution in [2.24, 2.45) is 0 Å². The molecule has 0 bridgehead atoms. The van der Waals surface area contributed by atoms with Crippen LogP contribution >= 0.6 is 0 Å². The molecule has 0 saturated heterocycles. The maximum Gasteiger partial charge on any atom is 0.239 e. The third kappa shape index (κ3) is 5.75. The van der Waals surface area contributed by atoms with Crippen LogP contribution < -0.4 is 19.5 Å². The van der Waals surface area contributed by atoms with Crippen molar-refractivity contribution in [3.05, 3.63) is 53.6 Å². The van der Waals surface area contributed by atoms with Crippen LogP contribution in [0.25, 0.3) is 0 Å². The second kappa shape index (κ2) is 8.68. The lowest BCUT2D eigenvalue weighted by Crippen LogP contribution is -2.33. The molecule has 0 aromatic heterocycles. The first-order chi connectivity index (χ1) is 12.3. The highest BCUT2D eigenvalue weighted by molar-refractivity contribution is 7.88. The monoisotopic (exact) mass is 378 g/mol. The molecule has 0 fully saturated rings. The number of hydrogen-bond acceptors (Lipinski definition) is 5. The van der Waals surface area contributed by atoms with Gasteiger partial charge in [-0.1, -0.05) is 23.8 Å². The van der Waals surface area contributed by atoms with E-state index in [2.05, 4.69) is 10.0 Å². The lowest BCUT2D eigenvalue weighted by molar-refractivity contribution is -0.115.